The molecule has 2 aromatic heterocycles. The van der Waals surface area contributed by atoms with E-state index in [0.717, 1.165) is 22.5 Å². The van der Waals surface area contributed by atoms with E-state index >= 15 is 0 Å². The fourth-order valence-corrected chi connectivity index (χ4v) is 4.40. The lowest BCUT2D eigenvalue weighted by Crippen LogP contribution is -2.31. The van der Waals surface area contributed by atoms with Gasteiger partial charge < -0.3 is 9.88 Å². The molecule has 0 radical (unpaired) electrons. The number of halogens is 1. The summed E-state index contributed by atoms with van der Waals surface area (Å²) in [6.07, 6.45) is 2.63. The number of aryl methyl sites for hydroxylation is 1. The molecule has 0 bridgehead atoms. The van der Waals surface area contributed by atoms with Crippen LogP contribution in [0, 0.1) is 0 Å². The second-order valence-corrected chi connectivity index (χ2v) is 8.87. The Morgan fingerprint density at radius 3 is 2.34 bits per heavy atom. The van der Waals surface area contributed by atoms with Gasteiger partial charge in [0.2, 0.25) is 0 Å². The van der Waals surface area contributed by atoms with Crippen LogP contribution in [0.2, 0.25) is 5.02 Å². The fraction of sp³-hybridized carbons (Fsp3) is 0.103. The molecule has 1 N–H and O–H groups in total. The number of nitrogens with zero attached hydrogens (tertiary/aromatic N) is 3. The maximum absolute atomic E-state index is 13.8. The average Bonchev–Trinajstić information content (AvgIpc) is 3.51. The molecule has 1 atom stereocenters. The van der Waals surface area contributed by atoms with E-state index in [1.165, 1.54) is 0 Å². The summed E-state index contributed by atoms with van der Waals surface area (Å²) in [6.45, 7) is 0. The highest BCUT2D eigenvalue weighted by Crippen LogP contribution is 2.25. The number of amides is 1. The van der Waals surface area contributed by atoms with Crippen molar-refractivity contribution in [2.24, 2.45) is 7.05 Å². The minimum atomic E-state index is -0.206. The number of carbonyl (C=O) groups excluding carboxylic acids is 1. The van der Waals surface area contributed by atoms with Crippen LogP contribution >= 0.6 is 11.6 Å². The molecule has 174 valence electrons. The van der Waals surface area contributed by atoms with Crippen LogP contribution < -0.4 is 5.32 Å². The van der Waals surface area contributed by atoms with E-state index in [0.29, 0.717) is 22.8 Å². The van der Waals surface area contributed by atoms with Crippen molar-refractivity contribution in [1.29, 1.82) is 0 Å². The van der Waals surface area contributed by atoms with Crippen LogP contribution in [0.5, 0.6) is 0 Å². The number of rotatable bonds is 7. The van der Waals surface area contributed by atoms with Gasteiger partial charge in [0.15, 0.2) is 0 Å². The maximum atomic E-state index is 13.8. The Kier molecular flexibility index (Phi) is 6.51. The zero-order chi connectivity index (χ0) is 24.2. The van der Waals surface area contributed by atoms with Gasteiger partial charge in [0.25, 0.3) is 5.91 Å². The number of aromatic nitrogens is 3. The van der Waals surface area contributed by atoms with E-state index in [9.17, 15) is 4.79 Å². The molecule has 5 rings (SSSR count). The second kappa shape index (κ2) is 10.0. The summed E-state index contributed by atoms with van der Waals surface area (Å²) in [6, 6.07) is 33.1. The molecule has 3 aromatic carbocycles. The van der Waals surface area contributed by atoms with Crippen LogP contribution in [0.25, 0.3) is 17.1 Å². The van der Waals surface area contributed by atoms with Gasteiger partial charge in [0.1, 0.15) is 11.4 Å². The van der Waals surface area contributed by atoms with Crippen LogP contribution in [-0.4, -0.2) is 20.3 Å². The monoisotopic (exact) mass is 480 g/mol. The standard InChI is InChI=1S/C29H25ClN4O/c1-33-17-9-16-27(33)26-20-28(34(32-26)24-15-8-14-23(30)19-24)29(35)31-25(22-12-6-3-7-13-22)18-21-10-4-2-5-11-21/h2-17,19-20,25H,18H2,1H3,(H,31,35). The Morgan fingerprint density at radius 1 is 0.914 bits per heavy atom. The Bertz CT molecular complexity index is 1440. The van der Waals surface area contributed by atoms with Crippen molar-refractivity contribution in [2.75, 3.05) is 0 Å². The van der Waals surface area contributed by atoms with E-state index in [2.05, 4.69) is 17.4 Å². The maximum Gasteiger partial charge on any atom is 0.270 e. The molecule has 0 aliphatic heterocycles. The lowest BCUT2D eigenvalue weighted by Gasteiger charge is -2.20. The van der Waals surface area contributed by atoms with Crippen LogP contribution in [0.1, 0.15) is 27.7 Å². The van der Waals surface area contributed by atoms with E-state index in [1.807, 2.05) is 96.7 Å². The van der Waals surface area contributed by atoms with Crippen molar-refractivity contribution in [1.82, 2.24) is 19.7 Å². The van der Waals surface area contributed by atoms with E-state index in [4.69, 9.17) is 16.7 Å². The molecule has 1 amide bonds. The predicted octanol–water partition coefficient (Wildman–Crippen LogP) is 6.25. The summed E-state index contributed by atoms with van der Waals surface area (Å²) >= 11 is 6.27. The van der Waals surface area contributed by atoms with Gasteiger partial charge in [0.05, 0.1) is 17.4 Å². The predicted molar refractivity (Wildman–Crippen MR) is 140 cm³/mol. The smallest absolute Gasteiger partial charge is 0.270 e. The Balaban J connectivity index is 1.53. The molecule has 5 aromatic rings. The molecular formula is C29H25ClN4O. The number of nitrogens with one attached hydrogen (secondary N) is 1. The molecule has 2 heterocycles. The first-order valence-electron chi connectivity index (χ1n) is 11.5. The molecule has 6 heteroatoms. The minimum absolute atomic E-state index is 0.202. The van der Waals surface area contributed by atoms with Gasteiger partial charge in [-0.3, -0.25) is 4.79 Å². The van der Waals surface area contributed by atoms with E-state index in [1.54, 1.807) is 16.8 Å². The third-order valence-electron chi connectivity index (χ3n) is 5.99. The number of carbonyl (C=O) groups is 1. The molecule has 0 aliphatic rings. The Labute approximate surface area is 209 Å². The van der Waals surface area contributed by atoms with Gasteiger partial charge >= 0.3 is 0 Å². The topological polar surface area (TPSA) is 51.9 Å². The first-order valence-corrected chi connectivity index (χ1v) is 11.8. The van der Waals surface area contributed by atoms with Gasteiger partial charge in [0, 0.05) is 18.3 Å². The molecule has 1 unspecified atom stereocenters. The van der Waals surface area contributed by atoms with Crippen molar-refractivity contribution in [2.45, 2.75) is 12.5 Å². The third kappa shape index (κ3) is 5.05. The average molecular weight is 481 g/mol. The van der Waals surface area contributed by atoms with Crippen molar-refractivity contribution >= 4 is 17.5 Å². The van der Waals surface area contributed by atoms with Crippen molar-refractivity contribution in [3.63, 3.8) is 0 Å². The first-order chi connectivity index (χ1) is 17.1. The minimum Gasteiger partial charge on any atom is -0.349 e. The summed E-state index contributed by atoms with van der Waals surface area (Å²) in [5.41, 5.74) is 4.99. The lowest BCUT2D eigenvalue weighted by atomic mass is 9.98. The van der Waals surface area contributed by atoms with Gasteiger partial charge in [-0.25, -0.2) is 4.68 Å². The summed E-state index contributed by atoms with van der Waals surface area (Å²) in [7, 11) is 1.96. The van der Waals surface area contributed by atoms with Gasteiger partial charge in [-0.1, -0.05) is 78.3 Å². The van der Waals surface area contributed by atoms with Crippen molar-refractivity contribution < 1.29 is 4.79 Å². The molecule has 0 spiro atoms. The van der Waals surface area contributed by atoms with Crippen LogP contribution in [0.15, 0.2) is 109 Å². The summed E-state index contributed by atoms with van der Waals surface area (Å²) < 4.78 is 3.64. The van der Waals surface area contributed by atoms with Crippen molar-refractivity contribution in [3.8, 4) is 17.1 Å². The lowest BCUT2D eigenvalue weighted by molar-refractivity contribution is 0.0928. The normalized spacial score (nSPS) is 11.8. The number of benzene rings is 3. The Hall–Kier alpha value is -4.09. The van der Waals surface area contributed by atoms with Gasteiger partial charge in [-0.15, -0.1) is 0 Å². The zero-order valence-electron chi connectivity index (χ0n) is 19.3. The first kappa shape index (κ1) is 22.7. The molecule has 0 fully saturated rings. The van der Waals surface area contributed by atoms with Crippen LogP contribution in [0.3, 0.4) is 0 Å². The van der Waals surface area contributed by atoms with E-state index < -0.39 is 0 Å². The van der Waals surface area contributed by atoms with Crippen LogP contribution in [-0.2, 0) is 13.5 Å². The highest BCUT2D eigenvalue weighted by Gasteiger charge is 2.22. The zero-order valence-corrected chi connectivity index (χ0v) is 20.1. The SMILES string of the molecule is Cn1cccc1-c1cc(C(=O)NC(Cc2ccccc2)c2ccccc2)n(-c2cccc(Cl)c2)n1. The van der Waals surface area contributed by atoms with Crippen LogP contribution in [0.4, 0.5) is 0 Å². The fourth-order valence-electron chi connectivity index (χ4n) is 4.22. The number of hydrogen-bond acceptors (Lipinski definition) is 2. The molecule has 0 saturated carbocycles. The van der Waals surface area contributed by atoms with Gasteiger partial charge in [-0.2, -0.15) is 5.10 Å². The second-order valence-electron chi connectivity index (χ2n) is 8.44. The molecule has 35 heavy (non-hydrogen) atoms. The summed E-state index contributed by atoms with van der Waals surface area (Å²) in [5.74, 6) is -0.206. The third-order valence-corrected chi connectivity index (χ3v) is 6.23. The molecule has 0 saturated heterocycles. The van der Waals surface area contributed by atoms with E-state index in [-0.39, 0.29) is 11.9 Å². The highest BCUT2D eigenvalue weighted by molar-refractivity contribution is 6.30. The van der Waals surface area contributed by atoms with Gasteiger partial charge in [-0.05, 0) is 53.9 Å². The molecular weight excluding hydrogens is 456 g/mol. The highest BCUT2D eigenvalue weighted by atomic mass is 35.5. The summed E-state index contributed by atoms with van der Waals surface area (Å²) in [4.78, 5) is 13.8. The largest absolute Gasteiger partial charge is 0.349 e. The quantitative estimate of drug-likeness (QED) is 0.299. The molecule has 0 aliphatic carbocycles. The number of hydrogen-bond donors (Lipinski definition) is 1. The Morgan fingerprint density at radius 2 is 1.66 bits per heavy atom. The summed E-state index contributed by atoms with van der Waals surface area (Å²) in [5, 5.41) is 8.62. The molecule has 5 nitrogen and oxygen atoms in total. The van der Waals surface area contributed by atoms with Crippen molar-refractivity contribution in [3.05, 3.63) is 131 Å².